The summed E-state index contributed by atoms with van der Waals surface area (Å²) in [6.45, 7) is 5.09. The van der Waals surface area contributed by atoms with Gasteiger partial charge in [-0.1, -0.05) is 13.8 Å². The van der Waals surface area contributed by atoms with Crippen molar-refractivity contribution in [3.8, 4) is 0 Å². The van der Waals surface area contributed by atoms with Crippen molar-refractivity contribution >= 4 is 0 Å². The van der Waals surface area contributed by atoms with Gasteiger partial charge in [0.15, 0.2) is 0 Å². The molecule has 0 aliphatic heterocycles. The van der Waals surface area contributed by atoms with Gasteiger partial charge in [-0.25, -0.2) is 4.68 Å². The Labute approximate surface area is 83.5 Å². The first-order valence-electron chi connectivity index (χ1n) is 4.71. The van der Waals surface area contributed by atoms with Gasteiger partial charge in [0.1, 0.15) is 0 Å². The van der Waals surface area contributed by atoms with E-state index in [9.17, 15) is 4.79 Å². The number of hydrogen-bond donors (Lipinski definition) is 0. The molecule has 0 aromatic carbocycles. The fourth-order valence-electron chi connectivity index (χ4n) is 1.11. The molecule has 1 aromatic rings. The molecule has 0 atom stereocenters. The highest BCUT2D eigenvalue weighted by atomic mass is 16.5. The number of ether oxygens (including phenoxy) is 1. The monoisotopic (exact) mass is 196 g/mol. The van der Waals surface area contributed by atoms with Gasteiger partial charge in [-0.15, -0.1) is 0 Å². The molecule has 0 fully saturated rings. The van der Waals surface area contributed by atoms with Gasteiger partial charge in [-0.05, 0) is 11.5 Å². The molecular formula is C10H16N2O2. The molecule has 78 valence electrons. The van der Waals surface area contributed by atoms with Crippen molar-refractivity contribution in [1.82, 2.24) is 9.78 Å². The van der Waals surface area contributed by atoms with Gasteiger partial charge in [0.25, 0.3) is 5.56 Å². The maximum absolute atomic E-state index is 11.5. The molecule has 1 heterocycles. The van der Waals surface area contributed by atoms with E-state index in [0.717, 1.165) is 5.56 Å². The van der Waals surface area contributed by atoms with E-state index < -0.39 is 0 Å². The number of methoxy groups -OCH3 is 1. The van der Waals surface area contributed by atoms with Crippen molar-refractivity contribution in [3.63, 3.8) is 0 Å². The molecule has 0 unspecified atom stereocenters. The molecule has 0 radical (unpaired) electrons. The van der Waals surface area contributed by atoms with E-state index in [1.165, 1.54) is 4.68 Å². The Bertz CT molecular complexity index is 344. The molecule has 0 aliphatic carbocycles. The minimum Gasteiger partial charge on any atom is -0.383 e. The quantitative estimate of drug-likeness (QED) is 0.722. The van der Waals surface area contributed by atoms with E-state index in [4.69, 9.17) is 4.74 Å². The van der Waals surface area contributed by atoms with E-state index >= 15 is 0 Å². The third kappa shape index (κ3) is 2.67. The molecule has 0 saturated carbocycles. The fourth-order valence-corrected chi connectivity index (χ4v) is 1.11. The highest BCUT2D eigenvalue weighted by molar-refractivity contribution is 5.10. The third-order valence-corrected chi connectivity index (χ3v) is 2.06. The average Bonchev–Trinajstić information content (AvgIpc) is 2.15. The average molecular weight is 196 g/mol. The lowest BCUT2D eigenvalue weighted by Gasteiger charge is -2.06. The highest BCUT2D eigenvalue weighted by Crippen LogP contribution is 2.08. The Morgan fingerprint density at radius 3 is 2.79 bits per heavy atom. The number of aromatic nitrogens is 2. The second-order valence-corrected chi connectivity index (χ2v) is 3.50. The van der Waals surface area contributed by atoms with Gasteiger partial charge in [-0.2, -0.15) is 5.10 Å². The van der Waals surface area contributed by atoms with E-state index in [1.54, 1.807) is 19.4 Å². The predicted molar refractivity (Wildman–Crippen MR) is 54.5 cm³/mol. The number of nitrogens with zero attached hydrogens (tertiary/aromatic N) is 2. The summed E-state index contributed by atoms with van der Waals surface area (Å²) in [6.07, 6.45) is 1.74. The van der Waals surface area contributed by atoms with Crippen molar-refractivity contribution in [2.75, 3.05) is 13.7 Å². The summed E-state index contributed by atoms with van der Waals surface area (Å²) in [5.74, 6) is 0.340. The van der Waals surface area contributed by atoms with Crippen LogP contribution in [0.3, 0.4) is 0 Å². The lowest BCUT2D eigenvalue weighted by Crippen LogP contribution is -2.24. The van der Waals surface area contributed by atoms with Crippen molar-refractivity contribution in [2.45, 2.75) is 26.3 Å². The second kappa shape index (κ2) is 4.91. The minimum atomic E-state index is -0.0618. The summed E-state index contributed by atoms with van der Waals surface area (Å²) >= 11 is 0. The van der Waals surface area contributed by atoms with E-state index in [-0.39, 0.29) is 5.56 Å². The van der Waals surface area contributed by atoms with Gasteiger partial charge in [0.2, 0.25) is 0 Å². The SMILES string of the molecule is COCCn1ncc(C(C)C)cc1=O. The molecule has 1 rings (SSSR count). The smallest absolute Gasteiger partial charge is 0.267 e. The van der Waals surface area contributed by atoms with Crippen molar-refractivity contribution in [2.24, 2.45) is 0 Å². The van der Waals surface area contributed by atoms with E-state index in [1.807, 2.05) is 13.8 Å². The van der Waals surface area contributed by atoms with E-state index in [2.05, 4.69) is 5.10 Å². The van der Waals surface area contributed by atoms with Crippen molar-refractivity contribution in [3.05, 3.63) is 28.2 Å². The lowest BCUT2D eigenvalue weighted by molar-refractivity contribution is 0.181. The summed E-state index contributed by atoms with van der Waals surface area (Å²) in [5.41, 5.74) is 0.914. The van der Waals surface area contributed by atoms with Gasteiger partial charge >= 0.3 is 0 Å². The molecule has 0 aliphatic rings. The van der Waals surface area contributed by atoms with Crippen LogP contribution in [0.15, 0.2) is 17.1 Å². The fraction of sp³-hybridized carbons (Fsp3) is 0.600. The van der Waals surface area contributed by atoms with Crippen LogP contribution >= 0.6 is 0 Å². The normalized spacial score (nSPS) is 10.9. The third-order valence-electron chi connectivity index (χ3n) is 2.06. The van der Waals surface area contributed by atoms with Crippen LogP contribution in [0, 0.1) is 0 Å². The zero-order valence-corrected chi connectivity index (χ0v) is 8.86. The predicted octanol–water partition coefficient (Wildman–Crippen LogP) is 1.01. The lowest BCUT2D eigenvalue weighted by atomic mass is 10.1. The summed E-state index contributed by atoms with van der Waals surface area (Å²) in [7, 11) is 1.60. The Morgan fingerprint density at radius 2 is 2.29 bits per heavy atom. The van der Waals surface area contributed by atoms with E-state index in [0.29, 0.717) is 19.1 Å². The first-order valence-corrected chi connectivity index (χ1v) is 4.71. The number of rotatable bonds is 4. The first kappa shape index (κ1) is 10.9. The topological polar surface area (TPSA) is 44.1 Å². The molecule has 0 saturated heterocycles. The van der Waals surface area contributed by atoms with Crippen LogP contribution in [0.1, 0.15) is 25.3 Å². The van der Waals surface area contributed by atoms with Gasteiger partial charge in [0.05, 0.1) is 19.3 Å². The van der Waals surface area contributed by atoms with Crippen LogP contribution in [0.4, 0.5) is 0 Å². The van der Waals surface area contributed by atoms with Gasteiger partial charge < -0.3 is 4.74 Å². The van der Waals surface area contributed by atoms with Crippen LogP contribution in [-0.2, 0) is 11.3 Å². The molecule has 4 nitrogen and oxygen atoms in total. The van der Waals surface area contributed by atoms with Crippen LogP contribution in [0.5, 0.6) is 0 Å². The maximum atomic E-state index is 11.5. The maximum Gasteiger partial charge on any atom is 0.267 e. The summed E-state index contributed by atoms with van der Waals surface area (Å²) in [6, 6.07) is 1.63. The molecule has 0 bridgehead atoms. The standard InChI is InChI=1S/C10H16N2O2/c1-8(2)9-6-10(13)12(11-7-9)4-5-14-3/h6-8H,4-5H2,1-3H3. The Morgan fingerprint density at radius 1 is 1.57 bits per heavy atom. The van der Waals surface area contributed by atoms with Gasteiger partial charge in [-0.3, -0.25) is 4.79 Å². The molecule has 0 spiro atoms. The largest absolute Gasteiger partial charge is 0.383 e. The van der Waals surface area contributed by atoms with Crippen LogP contribution in [0.25, 0.3) is 0 Å². The zero-order chi connectivity index (χ0) is 10.6. The molecule has 1 aromatic heterocycles. The number of hydrogen-bond acceptors (Lipinski definition) is 3. The summed E-state index contributed by atoms with van der Waals surface area (Å²) in [4.78, 5) is 11.5. The molecular weight excluding hydrogens is 180 g/mol. The summed E-state index contributed by atoms with van der Waals surface area (Å²) in [5, 5.41) is 4.06. The highest BCUT2D eigenvalue weighted by Gasteiger charge is 2.02. The Kier molecular flexibility index (Phi) is 3.83. The van der Waals surface area contributed by atoms with Crippen LogP contribution < -0.4 is 5.56 Å². The molecule has 0 N–H and O–H groups in total. The molecule has 0 amide bonds. The minimum absolute atomic E-state index is 0.0618. The van der Waals surface area contributed by atoms with Gasteiger partial charge in [0, 0.05) is 13.2 Å². The summed E-state index contributed by atoms with van der Waals surface area (Å²) < 4.78 is 6.29. The Balaban J connectivity index is 2.85. The Hall–Kier alpha value is -1.16. The molecule has 14 heavy (non-hydrogen) atoms. The second-order valence-electron chi connectivity index (χ2n) is 3.50. The van der Waals surface area contributed by atoms with Crippen molar-refractivity contribution < 1.29 is 4.74 Å². The first-order chi connectivity index (χ1) is 6.65. The zero-order valence-electron chi connectivity index (χ0n) is 8.86. The van der Waals surface area contributed by atoms with Crippen molar-refractivity contribution in [1.29, 1.82) is 0 Å². The molecule has 4 heteroatoms. The van der Waals surface area contributed by atoms with Crippen LogP contribution in [-0.4, -0.2) is 23.5 Å². The van der Waals surface area contributed by atoms with Crippen LogP contribution in [0.2, 0.25) is 0 Å².